The fourth-order valence-electron chi connectivity index (χ4n) is 2.61. The minimum Gasteiger partial charge on any atom is -0.495 e. The van der Waals surface area contributed by atoms with Crippen molar-refractivity contribution < 1.29 is 19.4 Å². The van der Waals surface area contributed by atoms with Gasteiger partial charge in [-0.05, 0) is 17.7 Å². The lowest BCUT2D eigenvalue weighted by Crippen LogP contribution is -2.36. The summed E-state index contributed by atoms with van der Waals surface area (Å²) in [7, 11) is 2.85. The summed E-state index contributed by atoms with van der Waals surface area (Å²) in [6.07, 6.45) is -0.170. The molecular weight excluding hydrogens is 272 g/mol. The third kappa shape index (κ3) is 3.32. The van der Waals surface area contributed by atoms with Crippen LogP contribution in [0, 0.1) is 11.3 Å². The van der Waals surface area contributed by atoms with Crippen LogP contribution in [0.25, 0.3) is 0 Å². The second kappa shape index (κ2) is 6.57. The molecule has 0 bridgehead atoms. The fourth-order valence-corrected chi connectivity index (χ4v) is 2.61. The molecule has 0 amide bonds. The molecule has 2 rings (SSSR count). The second-order valence-electron chi connectivity index (χ2n) is 5.00. The average molecular weight is 290 g/mol. The molecule has 21 heavy (non-hydrogen) atoms. The van der Waals surface area contributed by atoms with Gasteiger partial charge in [-0.15, -0.1) is 0 Å². The van der Waals surface area contributed by atoms with Crippen LogP contribution in [0.1, 0.15) is 17.5 Å². The first-order chi connectivity index (χ1) is 10.1. The molecule has 1 aromatic rings. The number of benzene rings is 1. The average Bonchev–Trinajstić information content (AvgIpc) is 2.86. The van der Waals surface area contributed by atoms with Crippen molar-refractivity contribution in [2.45, 2.75) is 25.1 Å². The minimum atomic E-state index is -0.539. The van der Waals surface area contributed by atoms with Crippen molar-refractivity contribution in [1.29, 1.82) is 5.26 Å². The Labute approximate surface area is 123 Å². The van der Waals surface area contributed by atoms with Crippen molar-refractivity contribution in [2.75, 3.05) is 20.8 Å². The summed E-state index contributed by atoms with van der Waals surface area (Å²) < 4.78 is 9.87. The number of carbonyl (C=O) groups excluding carboxylic acids is 1. The summed E-state index contributed by atoms with van der Waals surface area (Å²) >= 11 is 0. The maximum absolute atomic E-state index is 11.7. The molecule has 0 saturated carbocycles. The van der Waals surface area contributed by atoms with Gasteiger partial charge in [0, 0.05) is 19.5 Å². The zero-order valence-corrected chi connectivity index (χ0v) is 12.1. The molecule has 0 aromatic heterocycles. The van der Waals surface area contributed by atoms with E-state index in [0.29, 0.717) is 30.8 Å². The molecule has 1 aromatic carbocycles. The molecule has 6 heteroatoms. The van der Waals surface area contributed by atoms with E-state index in [1.165, 1.54) is 14.2 Å². The Morgan fingerprint density at radius 3 is 2.90 bits per heavy atom. The number of methoxy groups -OCH3 is 2. The van der Waals surface area contributed by atoms with E-state index in [9.17, 15) is 9.90 Å². The van der Waals surface area contributed by atoms with Gasteiger partial charge in [0.2, 0.25) is 0 Å². The molecule has 1 fully saturated rings. The smallest absolute Gasteiger partial charge is 0.323 e. The molecule has 1 aliphatic rings. The lowest BCUT2D eigenvalue weighted by molar-refractivity contribution is -0.146. The van der Waals surface area contributed by atoms with E-state index in [2.05, 4.69) is 6.07 Å². The molecule has 0 spiro atoms. The van der Waals surface area contributed by atoms with Gasteiger partial charge in [-0.25, -0.2) is 0 Å². The molecular formula is C15H18N2O4. The van der Waals surface area contributed by atoms with Gasteiger partial charge < -0.3 is 14.6 Å². The quantitative estimate of drug-likeness (QED) is 0.821. The number of carbonyl (C=O) groups is 1. The van der Waals surface area contributed by atoms with Crippen LogP contribution in [-0.2, 0) is 16.1 Å². The molecule has 0 radical (unpaired) electrons. The Bertz CT molecular complexity index is 567. The molecule has 2 atom stereocenters. The number of hydrogen-bond acceptors (Lipinski definition) is 6. The zero-order valence-electron chi connectivity index (χ0n) is 12.1. The van der Waals surface area contributed by atoms with E-state index in [0.717, 1.165) is 5.56 Å². The minimum absolute atomic E-state index is 0.347. The molecule has 6 nitrogen and oxygen atoms in total. The zero-order chi connectivity index (χ0) is 15.4. The first kappa shape index (κ1) is 15.3. The van der Waals surface area contributed by atoms with Gasteiger partial charge >= 0.3 is 5.97 Å². The van der Waals surface area contributed by atoms with Crippen LogP contribution in [0.15, 0.2) is 18.2 Å². The molecule has 112 valence electrons. The maximum Gasteiger partial charge on any atom is 0.323 e. The SMILES string of the molecule is COC(=O)C1CC(O)CN1Cc1ccc(OC)c(C#N)c1. The van der Waals surface area contributed by atoms with Gasteiger partial charge in [-0.3, -0.25) is 9.69 Å². The van der Waals surface area contributed by atoms with Crippen molar-refractivity contribution in [3.05, 3.63) is 29.3 Å². The number of hydrogen-bond donors (Lipinski definition) is 1. The Morgan fingerprint density at radius 1 is 1.52 bits per heavy atom. The number of likely N-dealkylation sites (tertiary alicyclic amines) is 1. The van der Waals surface area contributed by atoms with Crippen LogP contribution in [0.3, 0.4) is 0 Å². The largest absolute Gasteiger partial charge is 0.495 e. The summed E-state index contributed by atoms with van der Waals surface area (Å²) in [5, 5.41) is 18.9. The van der Waals surface area contributed by atoms with E-state index in [-0.39, 0.29) is 5.97 Å². The Morgan fingerprint density at radius 2 is 2.29 bits per heavy atom. The van der Waals surface area contributed by atoms with Crippen molar-refractivity contribution in [2.24, 2.45) is 0 Å². The van der Waals surface area contributed by atoms with Gasteiger partial charge in [-0.2, -0.15) is 5.26 Å². The van der Waals surface area contributed by atoms with Crippen LogP contribution in [0.2, 0.25) is 0 Å². The van der Waals surface area contributed by atoms with E-state index >= 15 is 0 Å². The highest BCUT2D eigenvalue weighted by atomic mass is 16.5. The van der Waals surface area contributed by atoms with Gasteiger partial charge in [0.1, 0.15) is 17.9 Å². The molecule has 2 unspecified atom stereocenters. The van der Waals surface area contributed by atoms with Crippen LogP contribution in [-0.4, -0.2) is 48.9 Å². The number of β-amino-alcohol motifs (C(OH)–C–C–N with tert-alkyl or cyclic N) is 1. The van der Waals surface area contributed by atoms with Crippen LogP contribution in [0.4, 0.5) is 0 Å². The topological polar surface area (TPSA) is 82.8 Å². The highest BCUT2D eigenvalue weighted by Crippen LogP contribution is 2.24. The number of esters is 1. The Hall–Kier alpha value is -2.10. The summed E-state index contributed by atoms with van der Waals surface area (Å²) in [6, 6.07) is 6.94. The third-order valence-electron chi connectivity index (χ3n) is 3.62. The second-order valence-corrected chi connectivity index (χ2v) is 5.00. The van der Waals surface area contributed by atoms with Gasteiger partial charge in [0.15, 0.2) is 0 Å². The van der Waals surface area contributed by atoms with Crippen molar-refractivity contribution in [3.8, 4) is 11.8 Å². The Kier molecular flexibility index (Phi) is 4.78. The third-order valence-corrected chi connectivity index (χ3v) is 3.62. The van der Waals surface area contributed by atoms with Crippen molar-refractivity contribution >= 4 is 5.97 Å². The van der Waals surface area contributed by atoms with Gasteiger partial charge in [0.05, 0.1) is 25.9 Å². The summed E-state index contributed by atoms with van der Waals surface area (Å²) in [4.78, 5) is 13.6. The number of rotatable bonds is 4. The van der Waals surface area contributed by atoms with Crippen LogP contribution < -0.4 is 4.74 Å². The van der Waals surface area contributed by atoms with Crippen LogP contribution >= 0.6 is 0 Å². The fraction of sp³-hybridized carbons (Fsp3) is 0.467. The molecule has 0 aliphatic carbocycles. The summed E-state index contributed by atoms with van der Waals surface area (Å²) in [5.74, 6) is 0.174. The summed E-state index contributed by atoms with van der Waals surface area (Å²) in [5.41, 5.74) is 1.33. The van der Waals surface area contributed by atoms with Crippen molar-refractivity contribution in [3.63, 3.8) is 0 Å². The molecule has 1 saturated heterocycles. The van der Waals surface area contributed by atoms with E-state index < -0.39 is 12.1 Å². The molecule has 1 heterocycles. The molecule has 1 aliphatic heterocycles. The number of nitrogens with zero attached hydrogens (tertiary/aromatic N) is 2. The lowest BCUT2D eigenvalue weighted by Gasteiger charge is -2.22. The summed E-state index contributed by atoms with van der Waals surface area (Å²) in [6.45, 7) is 0.878. The van der Waals surface area contributed by atoms with Gasteiger partial charge in [-0.1, -0.05) is 6.07 Å². The normalized spacial score (nSPS) is 21.8. The van der Waals surface area contributed by atoms with Gasteiger partial charge in [0.25, 0.3) is 0 Å². The highest BCUT2D eigenvalue weighted by Gasteiger charge is 2.36. The number of ether oxygens (including phenoxy) is 2. The monoisotopic (exact) mass is 290 g/mol. The first-order valence-electron chi connectivity index (χ1n) is 6.66. The van der Waals surface area contributed by atoms with E-state index in [4.69, 9.17) is 14.7 Å². The number of aliphatic hydroxyl groups excluding tert-OH is 1. The van der Waals surface area contributed by atoms with E-state index in [1.54, 1.807) is 12.1 Å². The predicted octanol–water partition coefficient (Wildman–Crippen LogP) is 0.675. The number of aliphatic hydroxyl groups is 1. The van der Waals surface area contributed by atoms with Crippen LogP contribution in [0.5, 0.6) is 5.75 Å². The number of nitriles is 1. The van der Waals surface area contributed by atoms with Crippen molar-refractivity contribution in [1.82, 2.24) is 4.90 Å². The maximum atomic E-state index is 11.7. The predicted molar refractivity (Wildman–Crippen MR) is 74.5 cm³/mol. The standard InChI is InChI=1S/C15H18N2O4/c1-20-14-4-3-10(5-11(14)7-16)8-17-9-12(18)6-13(17)15(19)21-2/h3-5,12-13,18H,6,8-9H2,1-2H3. The lowest BCUT2D eigenvalue weighted by atomic mass is 10.1. The molecule has 1 N–H and O–H groups in total. The first-order valence-corrected chi connectivity index (χ1v) is 6.66. The highest BCUT2D eigenvalue weighted by molar-refractivity contribution is 5.76. The van der Waals surface area contributed by atoms with E-state index in [1.807, 2.05) is 11.0 Å². The Balaban J connectivity index is 2.17.